The lowest BCUT2D eigenvalue weighted by molar-refractivity contribution is 0.184. The monoisotopic (exact) mass is 195 g/mol. The van der Waals surface area contributed by atoms with Gasteiger partial charge in [0.05, 0.1) is 13.7 Å². The van der Waals surface area contributed by atoms with Gasteiger partial charge in [0.2, 0.25) is 0 Å². The van der Waals surface area contributed by atoms with E-state index in [1.54, 1.807) is 14.2 Å². The van der Waals surface area contributed by atoms with E-state index in [2.05, 4.69) is 0 Å². The predicted octanol–water partition coefficient (Wildman–Crippen LogP) is 1.34. The highest BCUT2D eigenvalue weighted by molar-refractivity contribution is 5.37. The van der Waals surface area contributed by atoms with Crippen molar-refractivity contribution in [1.82, 2.24) is 0 Å². The van der Waals surface area contributed by atoms with E-state index in [1.807, 2.05) is 18.2 Å². The number of hydrogen-bond donors (Lipinski definition) is 1. The summed E-state index contributed by atoms with van der Waals surface area (Å²) in [6, 6.07) is 6.07. The molecule has 3 heteroatoms. The second-order valence-electron chi connectivity index (χ2n) is 3.12. The standard InChI is InChI=1S/C11H17NO2/c1-13-8-9-3-4-10(5-6-12)11(7-9)14-2/h3-4,7H,5-6,8,12H2,1-2H3. The molecular weight excluding hydrogens is 178 g/mol. The van der Waals surface area contributed by atoms with E-state index in [-0.39, 0.29) is 0 Å². The van der Waals surface area contributed by atoms with Gasteiger partial charge in [0.15, 0.2) is 0 Å². The maximum Gasteiger partial charge on any atom is 0.122 e. The fourth-order valence-corrected chi connectivity index (χ4v) is 1.41. The second-order valence-corrected chi connectivity index (χ2v) is 3.12. The first-order valence-electron chi connectivity index (χ1n) is 4.66. The van der Waals surface area contributed by atoms with E-state index in [1.165, 1.54) is 0 Å². The summed E-state index contributed by atoms with van der Waals surface area (Å²) in [5.41, 5.74) is 7.76. The molecule has 0 aliphatic heterocycles. The van der Waals surface area contributed by atoms with Gasteiger partial charge in [-0.05, 0) is 30.2 Å². The summed E-state index contributed by atoms with van der Waals surface area (Å²) in [5.74, 6) is 0.894. The molecular formula is C11H17NO2. The molecule has 0 fully saturated rings. The minimum atomic E-state index is 0.610. The van der Waals surface area contributed by atoms with Crippen molar-refractivity contribution >= 4 is 0 Å². The lowest BCUT2D eigenvalue weighted by atomic mass is 10.1. The molecule has 3 nitrogen and oxygen atoms in total. The summed E-state index contributed by atoms with van der Waals surface area (Å²) in [6.45, 7) is 1.25. The van der Waals surface area contributed by atoms with Crippen LogP contribution < -0.4 is 10.5 Å². The molecule has 0 unspecified atom stereocenters. The Balaban J connectivity index is 2.87. The van der Waals surface area contributed by atoms with Crippen LogP contribution in [0.15, 0.2) is 18.2 Å². The summed E-state index contributed by atoms with van der Waals surface area (Å²) in [5, 5.41) is 0. The Morgan fingerprint density at radius 1 is 1.29 bits per heavy atom. The van der Waals surface area contributed by atoms with Gasteiger partial charge in [-0.25, -0.2) is 0 Å². The number of benzene rings is 1. The van der Waals surface area contributed by atoms with Crippen LogP contribution in [0.2, 0.25) is 0 Å². The number of nitrogens with two attached hydrogens (primary N) is 1. The molecule has 0 amide bonds. The van der Waals surface area contributed by atoms with Crippen molar-refractivity contribution in [3.63, 3.8) is 0 Å². The van der Waals surface area contributed by atoms with Gasteiger partial charge in [-0.3, -0.25) is 0 Å². The molecule has 1 rings (SSSR count). The Labute approximate surface area is 84.8 Å². The minimum Gasteiger partial charge on any atom is -0.496 e. The maximum absolute atomic E-state index is 5.50. The normalized spacial score (nSPS) is 10.2. The van der Waals surface area contributed by atoms with Crippen LogP contribution in [0, 0.1) is 0 Å². The van der Waals surface area contributed by atoms with E-state index in [0.29, 0.717) is 13.2 Å². The van der Waals surface area contributed by atoms with Crippen molar-refractivity contribution < 1.29 is 9.47 Å². The van der Waals surface area contributed by atoms with Crippen LogP contribution in [0.4, 0.5) is 0 Å². The highest BCUT2D eigenvalue weighted by Gasteiger charge is 2.03. The number of methoxy groups -OCH3 is 2. The Kier molecular flexibility index (Phi) is 4.43. The van der Waals surface area contributed by atoms with Crippen LogP contribution in [0.3, 0.4) is 0 Å². The van der Waals surface area contributed by atoms with Gasteiger partial charge in [-0.15, -0.1) is 0 Å². The number of hydrogen-bond acceptors (Lipinski definition) is 3. The zero-order valence-electron chi connectivity index (χ0n) is 8.75. The Morgan fingerprint density at radius 2 is 2.07 bits per heavy atom. The summed E-state index contributed by atoms with van der Waals surface area (Å²) < 4.78 is 10.3. The topological polar surface area (TPSA) is 44.5 Å². The van der Waals surface area contributed by atoms with Gasteiger partial charge >= 0.3 is 0 Å². The molecule has 0 aliphatic carbocycles. The van der Waals surface area contributed by atoms with Crippen molar-refractivity contribution in [3.8, 4) is 5.75 Å². The van der Waals surface area contributed by atoms with Gasteiger partial charge in [0, 0.05) is 7.11 Å². The minimum absolute atomic E-state index is 0.610. The molecule has 78 valence electrons. The third-order valence-corrected chi connectivity index (χ3v) is 2.08. The zero-order chi connectivity index (χ0) is 10.4. The lowest BCUT2D eigenvalue weighted by Crippen LogP contribution is -2.04. The second kappa shape index (κ2) is 5.62. The fourth-order valence-electron chi connectivity index (χ4n) is 1.41. The first kappa shape index (κ1) is 11.0. The van der Waals surface area contributed by atoms with E-state index >= 15 is 0 Å². The predicted molar refractivity (Wildman–Crippen MR) is 56.5 cm³/mol. The Bertz CT molecular complexity index is 287. The SMILES string of the molecule is COCc1ccc(CCN)c(OC)c1. The van der Waals surface area contributed by atoms with Crippen LogP contribution in [-0.2, 0) is 17.8 Å². The Hall–Kier alpha value is -1.06. The van der Waals surface area contributed by atoms with Crippen LogP contribution in [0.25, 0.3) is 0 Å². The molecule has 1 aromatic rings. The third-order valence-electron chi connectivity index (χ3n) is 2.08. The summed E-state index contributed by atoms with van der Waals surface area (Å²) >= 11 is 0. The molecule has 0 spiro atoms. The average Bonchev–Trinajstić information content (AvgIpc) is 2.21. The van der Waals surface area contributed by atoms with Gasteiger partial charge in [-0.2, -0.15) is 0 Å². The van der Waals surface area contributed by atoms with Crippen LogP contribution in [0.1, 0.15) is 11.1 Å². The largest absolute Gasteiger partial charge is 0.496 e. The number of ether oxygens (including phenoxy) is 2. The molecule has 0 bridgehead atoms. The molecule has 0 radical (unpaired) electrons. The van der Waals surface area contributed by atoms with Crippen molar-refractivity contribution in [3.05, 3.63) is 29.3 Å². The molecule has 14 heavy (non-hydrogen) atoms. The fraction of sp³-hybridized carbons (Fsp3) is 0.455. The van der Waals surface area contributed by atoms with Crippen LogP contribution >= 0.6 is 0 Å². The van der Waals surface area contributed by atoms with E-state index in [9.17, 15) is 0 Å². The summed E-state index contributed by atoms with van der Waals surface area (Å²) in [7, 11) is 3.35. The smallest absolute Gasteiger partial charge is 0.122 e. The molecule has 0 saturated heterocycles. The lowest BCUT2D eigenvalue weighted by Gasteiger charge is -2.09. The molecule has 0 heterocycles. The third kappa shape index (κ3) is 2.72. The highest BCUT2D eigenvalue weighted by Crippen LogP contribution is 2.20. The van der Waals surface area contributed by atoms with E-state index in [4.69, 9.17) is 15.2 Å². The summed E-state index contributed by atoms with van der Waals surface area (Å²) in [4.78, 5) is 0. The molecule has 0 aromatic heterocycles. The number of rotatable bonds is 5. The van der Waals surface area contributed by atoms with Crippen molar-refractivity contribution in [2.75, 3.05) is 20.8 Å². The van der Waals surface area contributed by atoms with Gasteiger partial charge < -0.3 is 15.2 Å². The van der Waals surface area contributed by atoms with Crippen LogP contribution in [0.5, 0.6) is 5.75 Å². The molecule has 2 N–H and O–H groups in total. The quantitative estimate of drug-likeness (QED) is 0.771. The first-order chi connectivity index (χ1) is 6.81. The molecule has 0 aliphatic rings. The average molecular weight is 195 g/mol. The summed E-state index contributed by atoms with van der Waals surface area (Å²) in [6.07, 6.45) is 0.844. The van der Waals surface area contributed by atoms with Crippen molar-refractivity contribution in [2.45, 2.75) is 13.0 Å². The van der Waals surface area contributed by atoms with Gasteiger partial charge in [-0.1, -0.05) is 12.1 Å². The Morgan fingerprint density at radius 3 is 2.64 bits per heavy atom. The molecule has 0 saturated carbocycles. The zero-order valence-corrected chi connectivity index (χ0v) is 8.75. The van der Waals surface area contributed by atoms with Crippen molar-refractivity contribution in [1.29, 1.82) is 0 Å². The van der Waals surface area contributed by atoms with E-state index < -0.39 is 0 Å². The highest BCUT2D eigenvalue weighted by atomic mass is 16.5. The van der Waals surface area contributed by atoms with E-state index in [0.717, 1.165) is 23.3 Å². The molecule has 0 atom stereocenters. The van der Waals surface area contributed by atoms with Crippen molar-refractivity contribution in [2.24, 2.45) is 5.73 Å². The maximum atomic E-state index is 5.50. The van der Waals surface area contributed by atoms with Gasteiger partial charge in [0.1, 0.15) is 5.75 Å². The van der Waals surface area contributed by atoms with Crippen LogP contribution in [-0.4, -0.2) is 20.8 Å². The molecule has 1 aromatic carbocycles. The van der Waals surface area contributed by atoms with Gasteiger partial charge in [0.25, 0.3) is 0 Å². The first-order valence-corrected chi connectivity index (χ1v) is 4.66.